The average molecular weight is 482 g/mol. The van der Waals surface area contributed by atoms with Crippen LogP contribution in [0.1, 0.15) is 22.5 Å². The fourth-order valence-corrected chi connectivity index (χ4v) is 5.20. The zero-order chi connectivity index (χ0) is 22.9. The van der Waals surface area contributed by atoms with Crippen molar-refractivity contribution in [1.82, 2.24) is 19.4 Å². The Hall–Kier alpha value is -2.94. The topological polar surface area (TPSA) is 86.3 Å². The molecule has 0 bridgehead atoms. The molecule has 170 valence electrons. The summed E-state index contributed by atoms with van der Waals surface area (Å²) < 4.78 is 8.00. The summed E-state index contributed by atoms with van der Waals surface area (Å²) in [5, 5.41) is 1.17. The molecule has 1 saturated heterocycles. The van der Waals surface area contributed by atoms with E-state index >= 15 is 0 Å². The van der Waals surface area contributed by atoms with Gasteiger partial charge in [0.15, 0.2) is 5.13 Å². The zero-order valence-corrected chi connectivity index (χ0v) is 19.8. The van der Waals surface area contributed by atoms with Gasteiger partial charge in [-0.3, -0.25) is 9.36 Å². The van der Waals surface area contributed by atoms with Gasteiger partial charge in [-0.15, -0.1) is 0 Å². The lowest BCUT2D eigenvalue weighted by atomic mass is 9.98. The minimum Gasteiger partial charge on any atom is -0.493 e. The van der Waals surface area contributed by atoms with Gasteiger partial charge >= 0.3 is 0 Å². The molecule has 1 aliphatic rings. The number of likely N-dealkylation sites (tertiary alicyclic amines) is 1. The summed E-state index contributed by atoms with van der Waals surface area (Å²) in [5.74, 6) is 0.837. The quantitative estimate of drug-likeness (QED) is 0.434. The van der Waals surface area contributed by atoms with Crippen LogP contribution in [-0.2, 0) is 0 Å². The molecule has 7 nitrogen and oxygen atoms in total. The van der Waals surface area contributed by atoms with Crippen LogP contribution in [0.2, 0.25) is 5.02 Å². The second-order valence-electron chi connectivity index (χ2n) is 8.37. The first-order valence-electron chi connectivity index (χ1n) is 10.8. The number of nitrogens with two attached hydrogens (primary N) is 1. The van der Waals surface area contributed by atoms with Gasteiger partial charge < -0.3 is 15.4 Å². The Morgan fingerprint density at radius 2 is 2.06 bits per heavy atom. The van der Waals surface area contributed by atoms with Crippen LogP contribution in [0.25, 0.3) is 27.4 Å². The Labute approximate surface area is 200 Å². The average Bonchev–Trinajstić information content (AvgIpc) is 3.43. The maximum absolute atomic E-state index is 12.1. The lowest BCUT2D eigenvalue weighted by molar-refractivity contribution is 0.100. The molecule has 2 N–H and O–H groups in total. The van der Waals surface area contributed by atoms with Gasteiger partial charge in [0, 0.05) is 16.7 Å². The highest BCUT2D eigenvalue weighted by Crippen LogP contribution is 2.33. The van der Waals surface area contributed by atoms with E-state index in [1.54, 1.807) is 18.5 Å². The Balaban J connectivity index is 1.45. The van der Waals surface area contributed by atoms with Crippen LogP contribution in [0.4, 0.5) is 0 Å². The standard InChI is InChI=1S/C24H24ClN5O2S/c1-29-9-7-15(8-10-29)13-32-18-5-6-19-20(12-18)30(14-27-19)24-28-21(22(33-24)23(26)31)16-3-2-4-17(25)11-16/h2-6,11-12,14-15H,7-10,13H2,1H3,(H2,26,31). The summed E-state index contributed by atoms with van der Waals surface area (Å²) in [7, 11) is 2.16. The number of hydrogen-bond donors (Lipinski definition) is 1. The third-order valence-corrected chi connectivity index (χ3v) is 7.29. The number of thiazole rings is 1. The van der Waals surface area contributed by atoms with E-state index in [1.165, 1.54) is 11.3 Å². The number of primary amides is 1. The van der Waals surface area contributed by atoms with Crippen LogP contribution >= 0.6 is 22.9 Å². The molecule has 0 aliphatic carbocycles. The summed E-state index contributed by atoms with van der Waals surface area (Å²) in [6, 6.07) is 13.1. The van der Waals surface area contributed by atoms with Crippen molar-refractivity contribution in [1.29, 1.82) is 0 Å². The summed E-state index contributed by atoms with van der Waals surface area (Å²) in [6.07, 6.45) is 4.01. The van der Waals surface area contributed by atoms with Gasteiger partial charge in [0.25, 0.3) is 5.91 Å². The van der Waals surface area contributed by atoms with E-state index < -0.39 is 5.91 Å². The zero-order valence-electron chi connectivity index (χ0n) is 18.2. The molecule has 0 spiro atoms. The van der Waals surface area contributed by atoms with Crippen molar-refractivity contribution in [2.24, 2.45) is 11.7 Å². The van der Waals surface area contributed by atoms with Crippen molar-refractivity contribution in [3.05, 3.63) is 58.7 Å². The number of nitrogens with zero attached hydrogens (tertiary/aromatic N) is 4. The molecule has 3 heterocycles. The minimum absolute atomic E-state index is 0.379. The minimum atomic E-state index is -0.528. The fourth-order valence-electron chi connectivity index (χ4n) is 4.08. The van der Waals surface area contributed by atoms with Gasteiger partial charge in [0.05, 0.1) is 23.3 Å². The number of benzene rings is 2. The Kier molecular flexibility index (Phi) is 6.05. The maximum Gasteiger partial charge on any atom is 0.261 e. The van der Waals surface area contributed by atoms with Crippen molar-refractivity contribution in [3.8, 4) is 22.1 Å². The lowest BCUT2D eigenvalue weighted by Gasteiger charge is -2.28. The SMILES string of the molecule is CN1CCC(COc2ccc3ncn(-c4nc(-c5cccc(Cl)c5)c(C(N)=O)s4)c3c2)CC1. The van der Waals surface area contributed by atoms with Crippen LogP contribution < -0.4 is 10.5 Å². The Bertz CT molecular complexity index is 1310. The molecule has 1 amide bonds. The molecule has 9 heteroatoms. The molecule has 0 atom stereocenters. The van der Waals surface area contributed by atoms with Crippen LogP contribution in [0, 0.1) is 5.92 Å². The second-order valence-corrected chi connectivity index (χ2v) is 9.79. The highest BCUT2D eigenvalue weighted by atomic mass is 35.5. The third kappa shape index (κ3) is 4.59. The van der Waals surface area contributed by atoms with Crippen molar-refractivity contribution >= 4 is 39.9 Å². The van der Waals surface area contributed by atoms with Crippen molar-refractivity contribution in [2.45, 2.75) is 12.8 Å². The number of carbonyl (C=O) groups is 1. The van der Waals surface area contributed by atoms with E-state index in [1.807, 2.05) is 34.9 Å². The van der Waals surface area contributed by atoms with E-state index in [4.69, 9.17) is 27.1 Å². The number of ether oxygens (including phenoxy) is 1. The summed E-state index contributed by atoms with van der Waals surface area (Å²) in [6.45, 7) is 2.93. The van der Waals surface area contributed by atoms with Gasteiger partial charge in [-0.1, -0.05) is 35.1 Å². The molecular formula is C24H24ClN5O2S. The maximum atomic E-state index is 12.1. The molecular weight excluding hydrogens is 458 g/mol. The van der Waals surface area contributed by atoms with Gasteiger partial charge in [-0.05, 0) is 63.2 Å². The van der Waals surface area contributed by atoms with Crippen LogP contribution in [0.5, 0.6) is 5.75 Å². The fraction of sp³-hybridized carbons (Fsp3) is 0.292. The molecule has 1 fully saturated rings. The first-order valence-corrected chi connectivity index (χ1v) is 12.0. The molecule has 5 rings (SSSR count). The van der Waals surface area contributed by atoms with Gasteiger partial charge in [0.1, 0.15) is 17.0 Å². The first kappa shape index (κ1) is 21.9. The number of hydrogen-bond acceptors (Lipinski definition) is 6. The van der Waals surface area contributed by atoms with Crippen molar-refractivity contribution in [3.63, 3.8) is 0 Å². The monoisotopic (exact) mass is 481 g/mol. The molecule has 0 unspecified atom stereocenters. The summed E-state index contributed by atoms with van der Waals surface area (Å²) in [4.78, 5) is 24.1. The largest absolute Gasteiger partial charge is 0.493 e. The molecule has 4 aromatic rings. The van der Waals surface area contributed by atoms with E-state index in [9.17, 15) is 4.79 Å². The molecule has 33 heavy (non-hydrogen) atoms. The van der Waals surface area contributed by atoms with Crippen LogP contribution in [0.15, 0.2) is 48.8 Å². The number of piperidine rings is 1. The van der Waals surface area contributed by atoms with Gasteiger partial charge in [-0.25, -0.2) is 9.97 Å². The molecule has 0 saturated carbocycles. The molecule has 2 aromatic heterocycles. The smallest absolute Gasteiger partial charge is 0.261 e. The molecule has 0 radical (unpaired) electrons. The number of imidazole rings is 1. The summed E-state index contributed by atoms with van der Waals surface area (Å²) in [5.41, 5.74) is 8.60. The number of carbonyl (C=O) groups excluding carboxylic acids is 1. The lowest BCUT2D eigenvalue weighted by Crippen LogP contribution is -2.32. The van der Waals surface area contributed by atoms with Crippen LogP contribution in [0.3, 0.4) is 0 Å². The predicted molar refractivity (Wildman–Crippen MR) is 131 cm³/mol. The van der Waals surface area contributed by atoms with E-state index in [0.29, 0.717) is 33.3 Å². The Morgan fingerprint density at radius 3 is 2.82 bits per heavy atom. The first-order chi connectivity index (χ1) is 16.0. The number of amides is 1. The van der Waals surface area contributed by atoms with Gasteiger partial charge in [0.2, 0.25) is 0 Å². The number of rotatable bonds is 6. The number of halogens is 1. The van der Waals surface area contributed by atoms with Crippen molar-refractivity contribution in [2.75, 3.05) is 26.7 Å². The van der Waals surface area contributed by atoms with Crippen molar-refractivity contribution < 1.29 is 9.53 Å². The highest BCUT2D eigenvalue weighted by Gasteiger charge is 2.21. The predicted octanol–water partition coefficient (Wildman–Crippen LogP) is 4.62. The van der Waals surface area contributed by atoms with Crippen LogP contribution in [-0.4, -0.2) is 52.1 Å². The normalized spacial score (nSPS) is 15.2. The molecule has 1 aliphatic heterocycles. The number of fused-ring (bicyclic) bond motifs is 1. The third-order valence-electron chi connectivity index (χ3n) is 5.99. The van der Waals surface area contributed by atoms with Gasteiger partial charge in [-0.2, -0.15) is 0 Å². The second kappa shape index (κ2) is 9.13. The summed E-state index contributed by atoms with van der Waals surface area (Å²) >= 11 is 7.38. The molecule has 2 aromatic carbocycles. The number of aromatic nitrogens is 3. The van der Waals surface area contributed by atoms with E-state index in [-0.39, 0.29) is 0 Å². The Morgan fingerprint density at radius 1 is 1.24 bits per heavy atom. The van der Waals surface area contributed by atoms with E-state index in [0.717, 1.165) is 48.3 Å². The highest BCUT2D eigenvalue weighted by molar-refractivity contribution is 7.16. The van der Waals surface area contributed by atoms with E-state index in [2.05, 4.69) is 16.9 Å².